The maximum Gasteiger partial charge on any atom is 0.0751 e. The number of hydrogen-bond acceptors (Lipinski definition) is 2. The smallest absolute Gasteiger partial charge is 0.0751 e. The van der Waals surface area contributed by atoms with E-state index in [0.29, 0.717) is 0 Å². The van der Waals surface area contributed by atoms with Gasteiger partial charge in [-0.2, -0.15) is 0 Å². The van der Waals surface area contributed by atoms with Gasteiger partial charge in [-0.15, -0.1) is 0 Å². The normalized spacial score (nSPS) is 15.6. The first-order chi connectivity index (χ1) is 25.8. The van der Waals surface area contributed by atoms with Crippen molar-refractivity contribution in [2.24, 2.45) is 0 Å². The summed E-state index contributed by atoms with van der Waals surface area (Å²) in [6.45, 7) is 0. The van der Waals surface area contributed by atoms with Crippen LogP contribution in [0.1, 0.15) is 22.3 Å². The number of aromatic nitrogens is 1. The molecule has 11 rings (SSSR count). The Morgan fingerprint density at radius 3 is 1.75 bits per heavy atom. The lowest BCUT2D eigenvalue weighted by Crippen LogP contribution is -2.37. The highest BCUT2D eigenvalue weighted by Crippen LogP contribution is 2.63. The fourth-order valence-corrected chi connectivity index (χ4v) is 11.2. The maximum atomic E-state index is 2.48. The Kier molecular flexibility index (Phi) is 6.70. The van der Waals surface area contributed by atoms with Crippen molar-refractivity contribution in [1.82, 2.24) is 4.57 Å². The second kappa shape index (κ2) is 11.6. The minimum atomic E-state index is -0.531. The van der Waals surface area contributed by atoms with E-state index in [0.717, 1.165) is 0 Å². The highest BCUT2D eigenvalue weighted by molar-refractivity contribution is 8.00. The van der Waals surface area contributed by atoms with Crippen LogP contribution in [0.4, 0.5) is 0 Å². The Bertz CT molecular complexity index is 2810. The number of fused-ring (bicyclic) bond motifs is 11. The Morgan fingerprint density at radius 2 is 0.962 bits per heavy atom. The monoisotopic (exact) mass is 697 g/mol. The lowest BCUT2D eigenvalue weighted by Gasteiger charge is -2.46. The molecule has 244 valence electrons. The van der Waals surface area contributed by atoms with E-state index in [2.05, 4.69) is 193 Å². The first-order valence-electron chi connectivity index (χ1n) is 17.8. The van der Waals surface area contributed by atoms with Crippen molar-refractivity contribution in [2.45, 2.75) is 25.0 Å². The summed E-state index contributed by atoms with van der Waals surface area (Å²) in [5.74, 6) is 0. The molecule has 8 aromatic carbocycles. The van der Waals surface area contributed by atoms with Crippen molar-refractivity contribution in [3.8, 4) is 27.9 Å². The van der Waals surface area contributed by atoms with Crippen LogP contribution in [0.3, 0.4) is 0 Å². The molecule has 0 fully saturated rings. The molecule has 1 unspecified atom stereocenters. The summed E-state index contributed by atoms with van der Waals surface area (Å²) in [4.78, 5) is 5.23. The standard InChI is InChI=1S/C49H31NS2/c1-3-14-32(15-4-1)33-27-29-46-41(30-33)49(39-20-8-11-23-44(39)51-46)40-21-9-12-24-45(40)52-47-25-13-19-36(48(47)49)34-26-28-38-37-18-7-10-22-42(37)50(43(38)31-34)35-16-5-2-6-17-35/h1-31H. The zero-order valence-electron chi connectivity index (χ0n) is 28.2. The van der Waals surface area contributed by atoms with Gasteiger partial charge in [-0.25, -0.2) is 0 Å². The van der Waals surface area contributed by atoms with Crippen LogP contribution in [0, 0.1) is 0 Å². The maximum absolute atomic E-state index is 2.48. The Labute approximate surface area is 311 Å². The predicted molar refractivity (Wildman–Crippen MR) is 218 cm³/mol. The van der Waals surface area contributed by atoms with Crippen LogP contribution in [-0.2, 0) is 5.41 Å². The second-order valence-electron chi connectivity index (χ2n) is 13.6. The molecule has 0 bridgehead atoms. The van der Waals surface area contributed by atoms with Crippen molar-refractivity contribution in [3.63, 3.8) is 0 Å². The average Bonchev–Trinajstić information content (AvgIpc) is 3.55. The molecule has 0 saturated heterocycles. The summed E-state index contributed by atoms with van der Waals surface area (Å²) < 4.78 is 2.43. The third-order valence-corrected chi connectivity index (χ3v) is 13.2. The van der Waals surface area contributed by atoms with E-state index < -0.39 is 5.41 Å². The van der Waals surface area contributed by atoms with Gasteiger partial charge in [0.2, 0.25) is 0 Å². The van der Waals surface area contributed by atoms with Crippen molar-refractivity contribution >= 4 is 45.3 Å². The van der Waals surface area contributed by atoms with E-state index in [4.69, 9.17) is 0 Å². The van der Waals surface area contributed by atoms with Crippen molar-refractivity contribution < 1.29 is 0 Å². The van der Waals surface area contributed by atoms with Gasteiger partial charge >= 0.3 is 0 Å². The van der Waals surface area contributed by atoms with Gasteiger partial charge in [0, 0.05) is 36.0 Å². The van der Waals surface area contributed by atoms with Gasteiger partial charge in [-0.3, -0.25) is 0 Å². The molecule has 3 heteroatoms. The van der Waals surface area contributed by atoms with E-state index in [9.17, 15) is 0 Å². The van der Waals surface area contributed by atoms with Gasteiger partial charge < -0.3 is 4.57 Å². The third-order valence-electron chi connectivity index (χ3n) is 10.9. The number of para-hydroxylation sites is 2. The van der Waals surface area contributed by atoms with Gasteiger partial charge in [0.25, 0.3) is 0 Å². The molecule has 3 heterocycles. The van der Waals surface area contributed by atoms with Crippen LogP contribution >= 0.6 is 23.5 Å². The summed E-state index contributed by atoms with van der Waals surface area (Å²) in [5.41, 5.74) is 13.4. The molecule has 2 aliphatic rings. The molecule has 9 aromatic rings. The molecule has 1 spiro atoms. The molecule has 1 nitrogen and oxygen atoms in total. The average molecular weight is 698 g/mol. The number of benzene rings is 8. The van der Waals surface area contributed by atoms with Gasteiger partial charge in [-0.05, 0) is 99.1 Å². The fraction of sp³-hybridized carbons (Fsp3) is 0.0204. The predicted octanol–water partition coefficient (Wildman–Crippen LogP) is 13.4. The number of rotatable bonds is 3. The summed E-state index contributed by atoms with van der Waals surface area (Å²) in [7, 11) is 0. The van der Waals surface area contributed by atoms with E-state index in [-0.39, 0.29) is 0 Å². The molecule has 0 saturated carbocycles. The first-order valence-corrected chi connectivity index (χ1v) is 19.4. The Balaban J connectivity index is 1.26. The highest BCUT2D eigenvalue weighted by Gasteiger charge is 2.50. The van der Waals surface area contributed by atoms with E-state index >= 15 is 0 Å². The fourth-order valence-electron chi connectivity index (χ4n) is 8.77. The largest absolute Gasteiger partial charge is 0.309 e. The quantitative estimate of drug-likeness (QED) is 0.181. The minimum Gasteiger partial charge on any atom is -0.309 e. The zero-order chi connectivity index (χ0) is 34.2. The van der Waals surface area contributed by atoms with Crippen LogP contribution in [0.25, 0.3) is 49.7 Å². The second-order valence-corrected chi connectivity index (χ2v) is 15.8. The highest BCUT2D eigenvalue weighted by atomic mass is 32.2. The van der Waals surface area contributed by atoms with Crippen LogP contribution in [0.15, 0.2) is 208 Å². The lowest BCUT2D eigenvalue weighted by atomic mass is 9.62. The SMILES string of the molecule is c1ccc(-c2ccc3c(c2)C2(c4ccccc4S3)c3ccccc3Sc3cccc(-c4ccc5c6ccccc6n(-c6ccccc6)c5c4)c32)cc1. The molecule has 0 amide bonds. The molecular formula is C49H31NS2. The van der Waals surface area contributed by atoms with Crippen LogP contribution in [0.5, 0.6) is 0 Å². The zero-order valence-corrected chi connectivity index (χ0v) is 29.8. The van der Waals surface area contributed by atoms with Gasteiger partial charge in [-0.1, -0.05) is 157 Å². The van der Waals surface area contributed by atoms with Gasteiger partial charge in [0.15, 0.2) is 0 Å². The van der Waals surface area contributed by atoms with E-state index in [1.807, 2.05) is 23.5 Å². The summed E-state index contributed by atoms with van der Waals surface area (Å²) in [5, 5.41) is 2.53. The number of nitrogens with zero attached hydrogens (tertiary/aromatic N) is 1. The lowest BCUT2D eigenvalue weighted by molar-refractivity contribution is 0.669. The molecule has 1 atom stereocenters. The molecule has 0 aliphatic carbocycles. The summed E-state index contributed by atoms with van der Waals surface area (Å²) >= 11 is 3.80. The van der Waals surface area contributed by atoms with E-state index in [1.165, 1.54) is 91.6 Å². The number of hydrogen-bond donors (Lipinski definition) is 0. The Hall–Kier alpha value is -5.74. The van der Waals surface area contributed by atoms with Crippen molar-refractivity contribution in [3.05, 3.63) is 210 Å². The first kappa shape index (κ1) is 29.9. The Morgan fingerprint density at radius 1 is 0.365 bits per heavy atom. The molecule has 0 radical (unpaired) electrons. The summed E-state index contributed by atoms with van der Waals surface area (Å²) in [6, 6.07) is 69.8. The molecule has 2 aliphatic heterocycles. The van der Waals surface area contributed by atoms with Gasteiger partial charge in [0.1, 0.15) is 0 Å². The summed E-state index contributed by atoms with van der Waals surface area (Å²) in [6.07, 6.45) is 0. The van der Waals surface area contributed by atoms with Crippen LogP contribution in [0.2, 0.25) is 0 Å². The molecule has 1 aromatic heterocycles. The molecule has 52 heavy (non-hydrogen) atoms. The third kappa shape index (κ3) is 4.27. The topological polar surface area (TPSA) is 4.93 Å². The molecular weight excluding hydrogens is 667 g/mol. The van der Waals surface area contributed by atoms with Gasteiger partial charge in [0.05, 0.1) is 16.4 Å². The van der Waals surface area contributed by atoms with Crippen LogP contribution in [-0.4, -0.2) is 4.57 Å². The van der Waals surface area contributed by atoms with Crippen molar-refractivity contribution in [1.29, 1.82) is 0 Å². The minimum absolute atomic E-state index is 0.531. The van der Waals surface area contributed by atoms with Crippen LogP contribution < -0.4 is 0 Å². The van der Waals surface area contributed by atoms with Crippen molar-refractivity contribution in [2.75, 3.05) is 0 Å². The molecule has 0 N–H and O–H groups in total. The van der Waals surface area contributed by atoms with E-state index in [1.54, 1.807) is 0 Å².